The molecule has 0 unspecified atom stereocenters. The number of rotatable bonds is 5. The molecule has 1 rings (SSSR count). The van der Waals surface area contributed by atoms with E-state index in [-0.39, 0.29) is 0 Å². The number of aromatic carboxylic acids is 3. The topological polar surface area (TPSA) is 112 Å². The van der Waals surface area contributed by atoms with Gasteiger partial charge in [-0.05, 0) is 30.0 Å². The molecule has 0 radical (unpaired) electrons. The van der Waals surface area contributed by atoms with Crippen molar-refractivity contribution in [2.75, 3.05) is 0 Å². The third-order valence-corrected chi connectivity index (χ3v) is 2.92. The van der Waals surface area contributed by atoms with E-state index < -0.39 is 34.6 Å². The summed E-state index contributed by atoms with van der Waals surface area (Å²) in [5, 5.41) is 27.3. The summed E-state index contributed by atoms with van der Waals surface area (Å²) in [6.07, 6.45) is 0.759. The fourth-order valence-corrected chi connectivity index (χ4v) is 2.13. The predicted octanol–water partition coefficient (Wildman–Crippen LogP) is 1.91. The summed E-state index contributed by atoms with van der Waals surface area (Å²) in [7, 11) is 0. The molecule has 0 bridgehead atoms. The SMILES string of the molecule is CCc1cc(C(=O)O)c(C(=O)O)c(C(=O)O)c1CC. The normalized spacial score (nSPS) is 10.2. The largest absolute Gasteiger partial charge is 0.478 e. The van der Waals surface area contributed by atoms with Crippen LogP contribution < -0.4 is 0 Å². The lowest BCUT2D eigenvalue weighted by Crippen LogP contribution is -2.18. The van der Waals surface area contributed by atoms with Gasteiger partial charge in [0.2, 0.25) is 0 Å². The van der Waals surface area contributed by atoms with Crippen LogP contribution in [-0.4, -0.2) is 33.2 Å². The zero-order chi connectivity index (χ0) is 14.7. The Morgan fingerprint density at radius 1 is 0.895 bits per heavy atom. The zero-order valence-electron chi connectivity index (χ0n) is 10.6. The first-order valence-corrected chi connectivity index (χ1v) is 5.73. The molecule has 0 aromatic heterocycles. The van der Waals surface area contributed by atoms with Crippen LogP contribution in [0.2, 0.25) is 0 Å². The lowest BCUT2D eigenvalue weighted by Gasteiger charge is -2.15. The second-order valence-electron chi connectivity index (χ2n) is 3.93. The van der Waals surface area contributed by atoms with E-state index in [0.29, 0.717) is 24.0 Å². The monoisotopic (exact) mass is 266 g/mol. The van der Waals surface area contributed by atoms with Gasteiger partial charge in [0.05, 0.1) is 16.7 Å². The number of hydrogen-bond donors (Lipinski definition) is 3. The van der Waals surface area contributed by atoms with E-state index in [9.17, 15) is 19.5 Å². The van der Waals surface area contributed by atoms with Crippen molar-refractivity contribution >= 4 is 17.9 Å². The average molecular weight is 266 g/mol. The summed E-state index contributed by atoms with van der Waals surface area (Å²) >= 11 is 0. The molecule has 3 N–H and O–H groups in total. The van der Waals surface area contributed by atoms with Crippen molar-refractivity contribution in [3.63, 3.8) is 0 Å². The number of hydrogen-bond acceptors (Lipinski definition) is 3. The minimum absolute atomic E-state index is 0.324. The number of benzene rings is 1. The Hall–Kier alpha value is -2.37. The highest BCUT2D eigenvalue weighted by Crippen LogP contribution is 2.25. The maximum Gasteiger partial charge on any atom is 0.337 e. The molecule has 0 saturated heterocycles. The second-order valence-corrected chi connectivity index (χ2v) is 3.93. The second kappa shape index (κ2) is 5.51. The van der Waals surface area contributed by atoms with Crippen molar-refractivity contribution in [2.45, 2.75) is 26.7 Å². The van der Waals surface area contributed by atoms with Crippen LogP contribution >= 0.6 is 0 Å². The summed E-state index contributed by atoms with van der Waals surface area (Å²) in [4.78, 5) is 33.6. The van der Waals surface area contributed by atoms with Crippen molar-refractivity contribution in [1.82, 2.24) is 0 Å². The van der Waals surface area contributed by atoms with Crippen LogP contribution in [0.1, 0.15) is 56.0 Å². The number of carbonyl (C=O) groups is 3. The molecule has 6 heteroatoms. The smallest absolute Gasteiger partial charge is 0.337 e. The molecule has 102 valence electrons. The van der Waals surface area contributed by atoms with Crippen molar-refractivity contribution < 1.29 is 29.7 Å². The summed E-state index contributed by atoms with van der Waals surface area (Å²) in [5.41, 5.74) is -0.653. The third-order valence-electron chi connectivity index (χ3n) is 2.92. The molecule has 0 spiro atoms. The van der Waals surface area contributed by atoms with E-state index in [4.69, 9.17) is 10.2 Å². The van der Waals surface area contributed by atoms with Gasteiger partial charge in [-0.15, -0.1) is 0 Å². The first-order valence-electron chi connectivity index (χ1n) is 5.73. The maximum absolute atomic E-state index is 11.3. The van der Waals surface area contributed by atoms with Gasteiger partial charge in [-0.25, -0.2) is 14.4 Å². The molecule has 0 fully saturated rings. The van der Waals surface area contributed by atoms with E-state index in [1.807, 2.05) is 0 Å². The van der Waals surface area contributed by atoms with E-state index >= 15 is 0 Å². The minimum Gasteiger partial charge on any atom is -0.478 e. The molecule has 1 aromatic rings. The number of aryl methyl sites for hydroxylation is 1. The molecule has 0 aliphatic heterocycles. The summed E-state index contributed by atoms with van der Waals surface area (Å²) in [6, 6.07) is 1.25. The van der Waals surface area contributed by atoms with E-state index in [0.717, 1.165) is 0 Å². The first kappa shape index (κ1) is 14.7. The molecule has 0 amide bonds. The van der Waals surface area contributed by atoms with Crippen LogP contribution in [0.5, 0.6) is 0 Å². The first-order chi connectivity index (χ1) is 8.84. The lowest BCUT2D eigenvalue weighted by molar-refractivity contribution is 0.0632. The Morgan fingerprint density at radius 2 is 1.42 bits per heavy atom. The standard InChI is InChI=1S/C13H14O6/c1-3-6-5-8(11(14)15)10(13(18)19)9(12(16)17)7(6)4-2/h5H,3-4H2,1-2H3,(H,14,15)(H,16,17)(H,18,19). The molecule has 0 saturated carbocycles. The average Bonchev–Trinajstić information content (AvgIpc) is 2.35. The fraction of sp³-hybridized carbons (Fsp3) is 0.308. The summed E-state index contributed by atoms with van der Waals surface area (Å²) in [6.45, 7) is 3.46. The Labute approximate surface area is 109 Å². The van der Waals surface area contributed by atoms with Crippen molar-refractivity contribution in [1.29, 1.82) is 0 Å². The maximum atomic E-state index is 11.3. The van der Waals surface area contributed by atoms with Gasteiger partial charge in [0.1, 0.15) is 0 Å². The Morgan fingerprint density at radius 3 is 1.74 bits per heavy atom. The molecule has 6 nitrogen and oxygen atoms in total. The van der Waals surface area contributed by atoms with Gasteiger partial charge in [-0.1, -0.05) is 13.8 Å². The van der Waals surface area contributed by atoms with Crippen molar-refractivity contribution in [3.8, 4) is 0 Å². The van der Waals surface area contributed by atoms with Gasteiger partial charge >= 0.3 is 17.9 Å². The molecule has 0 atom stereocenters. The van der Waals surface area contributed by atoms with Crippen molar-refractivity contribution in [2.24, 2.45) is 0 Å². The van der Waals surface area contributed by atoms with Gasteiger partial charge in [-0.3, -0.25) is 0 Å². The van der Waals surface area contributed by atoms with E-state index in [2.05, 4.69) is 0 Å². The highest BCUT2D eigenvalue weighted by molar-refractivity contribution is 6.10. The minimum atomic E-state index is -1.55. The zero-order valence-corrected chi connectivity index (χ0v) is 10.6. The van der Waals surface area contributed by atoms with Crippen LogP contribution in [-0.2, 0) is 12.8 Å². The predicted molar refractivity (Wildman–Crippen MR) is 66.1 cm³/mol. The van der Waals surface area contributed by atoms with Gasteiger partial charge in [0.15, 0.2) is 0 Å². The Kier molecular flexibility index (Phi) is 4.26. The van der Waals surface area contributed by atoms with Crippen LogP contribution in [0.25, 0.3) is 0 Å². The van der Waals surface area contributed by atoms with E-state index in [1.54, 1.807) is 13.8 Å². The third kappa shape index (κ3) is 2.57. The summed E-state index contributed by atoms with van der Waals surface area (Å²) < 4.78 is 0. The molecular weight excluding hydrogens is 252 g/mol. The van der Waals surface area contributed by atoms with Crippen LogP contribution in [0.4, 0.5) is 0 Å². The highest BCUT2D eigenvalue weighted by Gasteiger charge is 2.28. The highest BCUT2D eigenvalue weighted by atomic mass is 16.4. The quantitative estimate of drug-likeness (QED) is 0.750. The van der Waals surface area contributed by atoms with Crippen molar-refractivity contribution in [3.05, 3.63) is 33.9 Å². The molecule has 19 heavy (non-hydrogen) atoms. The number of carboxylic acids is 3. The van der Waals surface area contributed by atoms with Gasteiger partial charge in [-0.2, -0.15) is 0 Å². The van der Waals surface area contributed by atoms with Gasteiger partial charge in [0.25, 0.3) is 0 Å². The Balaban J connectivity index is 3.89. The molecular formula is C13H14O6. The molecule has 0 aliphatic rings. The Bertz CT molecular complexity index is 559. The van der Waals surface area contributed by atoms with Crippen LogP contribution in [0, 0.1) is 0 Å². The van der Waals surface area contributed by atoms with Gasteiger partial charge in [0, 0.05) is 0 Å². The van der Waals surface area contributed by atoms with Crippen LogP contribution in [0.15, 0.2) is 6.07 Å². The molecule has 0 aliphatic carbocycles. The lowest BCUT2D eigenvalue weighted by atomic mass is 9.89. The number of carboxylic acid groups (broad SMARTS) is 3. The molecule has 1 aromatic carbocycles. The van der Waals surface area contributed by atoms with E-state index in [1.165, 1.54) is 6.07 Å². The summed E-state index contributed by atoms with van der Waals surface area (Å²) in [5.74, 6) is -4.42. The fourth-order valence-electron chi connectivity index (χ4n) is 2.13. The molecule has 0 heterocycles. The van der Waals surface area contributed by atoms with Gasteiger partial charge < -0.3 is 15.3 Å². The van der Waals surface area contributed by atoms with Crippen LogP contribution in [0.3, 0.4) is 0 Å².